The lowest BCUT2D eigenvalue weighted by molar-refractivity contribution is 0.709. The van der Waals surface area contributed by atoms with E-state index in [4.69, 9.17) is 0 Å². The lowest BCUT2D eigenvalue weighted by Gasteiger charge is -2.04. The zero-order valence-corrected chi connectivity index (χ0v) is 5.70. The SMILES string of the molecule is Cn1nnc2c1C=CNC2. The summed E-state index contributed by atoms with van der Waals surface area (Å²) in [6.45, 7) is 0.791. The second kappa shape index (κ2) is 1.83. The summed E-state index contributed by atoms with van der Waals surface area (Å²) in [5.41, 5.74) is 2.11. The second-order valence-corrected chi connectivity index (χ2v) is 2.26. The third kappa shape index (κ3) is 0.618. The first kappa shape index (κ1) is 5.46. The molecule has 2 heterocycles. The van der Waals surface area contributed by atoms with Crippen LogP contribution in [0, 0.1) is 0 Å². The van der Waals surface area contributed by atoms with Crippen LogP contribution in [0.4, 0.5) is 0 Å². The Morgan fingerprint density at radius 1 is 1.70 bits per heavy atom. The molecule has 1 aromatic heterocycles. The molecule has 0 unspecified atom stereocenters. The molecule has 0 amide bonds. The second-order valence-electron chi connectivity index (χ2n) is 2.26. The molecular weight excluding hydrogens is 128 g/mol. The van der Waals surface area contributed by atoms with Crippen LogP contribution in [-0.2, 0) is 13.6 Å². The van der Waals surface area contributed by atoms with Gasteiger partial charge in [-0.15, -0.1) is 5.10 Å². The first-order valence-corrected chi connectivity index (χ1v) is 3.16. The van der Waals surface area contributed by atoms with Crippen molar-refractivity contribution in [2.24, 2.45) is 7.05 Å². The van der Waals surface area contributed by atoms with Gasteiger partial charge in [-0.05, 0) is 12.3 Å². The van der Waals surface area contributed by atoms with Gasteiger partial charge in [-0.25, -0.2) is 4.68 Å². The quantitative estimate of drug-likeness (QED) is 0.541. The van der Waals surface area contributed by atoms with E-state index in [2.05, 4.69) is 15.6 Å². The highest BCUT2D eigenvalue weighted by Gasteiger charge is 2.08. The highest BCUT2D eigenvalue weighted by atomic mass is 15.4. The van der Waals surface area contributed by atoms with Crippen LogP contribution in [0.25, 0.3) is 6.08 Å². The molecule has 0 bridgehead atoms. The molecule has 1 N–H and O–H groups in total. The minimum Gasteiger partial charge on any atom is -0.385 e. The molecule has 0 saturated heterocycles. The molecule has 0 fully saturated rings. The Labute approximate surface area is 58.5 Å². The van der Waals surface area contributed by atoms with Gasteiger partial charge in [-0.2, -0.15) is 0 Å². The van der Waals surface area contributed by atoms with Gasteiger partial charge >= 0.3 is 0 Å². The number of hydrogen-bond acceptors (Lipinski definition) is 3. The van der Waals surface area contributed by atoms with Crippen molar-refractivity contribution in [1.29, 1.82) is 0 Å². The fourth-order valence-corrected chi connectivity index (χ4v) is 1.03. The number of fused-ring (bicyclic) bond motifs is 1. The summed E-state index contributed by atoms with van der Waals surface area (Å²) in [5, 5.41) is 10.9. The Morgan fingerprint density at radius 3 is 3.40 bits per heavy atom. The molecule has 10 heavy (non-hydrogen) atoms. The molecule has 0 radical (unpaired) electrons. The van der Waals surface area contributed by atoms with E-state index < -0.39 is 0 Å². The molecule has 1 aromatic rings. The van der Waals surface area contributed by atoms with Gasteiger partial charge in [0.2, 0.25) is 0 Å². The van der Waals surface area contributed by atoms with Crippen LogP contribution in [0.5, 0.6) is 0 Å². The van der Waals surface area contributed by atoms with Gasteiger partial charge in [0.25, 0.3) is 0 Å². The van der Waals surface area contributed by atoms with E-state index in [0.29, 0.717) is 0 Å². The maximum absolute atomic E-state index is 3.96. The predicted octanol–water partition coefficient (Wildman–Crippen LogP) is -0.111. The van der Waals surface area contributed by atoms with Crippen LogP contribution in [-0.4, -0.2) is 15.0 Å². The van der Waals surface area contributed by atoms with E-state index in [1.165, 1.54) is 0 Å². The molecule has 0 spiro atoms. The van der Waals surface area contributed by atoms with Crippen molar-refractivity contribution < 1.29 is 0 Å². The van der Waals surface area contributed by atoms with Crippen molar-refractivity contribution in [2.75, 3.05) is 0 Å². The van der Waals surface area contributed by atoms with Crippen LogP contribution < -0.4 is 5.32 Å². The van der Waals surface area contributed by atoms with Crippen molar-refractivity contribution in [3.63, 3.8) is 0 Å². The highest BCUT2D eigenvalue weighted by molar-refractivity contribution is 5.48. The number of aromatic nitrogens is 3. The molecule has 2 rings (SSSR count). The minimum atomic E-state index is 0.791. The minimum absolute atomic E-state index is 0.791. The number of rotatable bonds is 0. The Morgan fingerprint density at radius 2 is 2.60 bits per heavy atom. The van der Waals surface area contributed by atoms with E-state index in [-0.39, 0.29) is 0 Å². The van der Waals surface area contributed by atoms with Gasteiger partial charge in [0.05, 0.1) is 12.2 Å². The maximum atomic E-state index is 3.96. The predicted molar refractivity (Wildman–Crippen MR) is 36.9 cm³/mol. The largest absolute Gasteiger partial charge is 0.385 e. The van der Waals surface area contributed by atoms with Gasteiger partial charge in [0.15, 0.2) is 0 Å². The van der Waals surface area contributed by atoms with E-state index in [9.17, 15) is 0 Å². The fourth-order valence-electron chi connectivity index (χ4n) is 1.03. The summed E-state index contributed by atoms with van der Waals surface area (Å²) in [6.07, 6.45) is 3.88. The maximum Gasteiger partial charge on any atom is 0.109 e. The molecule has 0 aromatic carbocycles. The van der Waals surface area contributed by atoms with Crippen LogP contribution in [0.15, 0.2) is 6.20 Å². The molecular formula is C6H8N4. The summed E-state index contributed by atoms with van der Waals surface area (Å²) in [6, 6.07) is 0. The monoisotopic (exact) mass is 136 g/mol. The number of nitrogens with one attached hydrogen (secondary N) is 1. The number of hydrogen-bond donors (Lipinski definition) is 1. The van der Waals surface area contributed by atoms with Crippen LogP contribution in [0.1, 0.15) is 11.4 Å². The zero-order valence-electron chi connectivity index (χ0n) is 5.70. The molecule has 0 atom stereocenters. The number of nitrogens with zero attached hydrogens (tertiary/aromatic N) is 3. The van der Waals surface area contributed by atoms with Gasteiger partial charge in [-0.3, -0.25) is 0 Å². The van der Waals surface area contributed by atoms with Crippen molar-refractivity contribution in [3.05, 3.63) is 17.6 Å². The molecule has 1 aliphatic heterocycles. The van der Waals surface area contributed by atoms with Crippen LogP contribution in [0.3, 0.4) is 0 Å². The lowest BCUT2D eigenvalue weighted by Crippen LogP contribution is -2.10. The van der Waals surface area contributed by atoms with Crippen molar-refractivity contribution >= 4 is 6.08 Å². The highest BCUT2D eigenvalue weighted by Crippen LogP contribution is 2.08. The summed E-state index contributed by atoms with van der Waals surface area (Å²) < 4.78 is 1.77. The average Bonchev–Trinajstić information content (AvgIpc) is 2.34. The zero-order chi connectivity index (χ0) is 6.97. The van der Waals surface area contributed by atoms with Crippen molar-refractivity contribution in [3.8, 4) is 0 Å². The molecule has 0 aliphatic carbocycles. The average molecular weight is 136 g/mol. The normalized spacial score (nSPS) is 14.5. The third-order valence-corrected chi connectivity index (χ3v) is 1.57. The smallest absolute Gasteiger partial charge is 0.109 e. The Kier molecular flexibility index (Phi) is 1.00. The van der Waals surface area contributed by atoms with Crippen LogP contribution in [0.2, 0.25) is 0 Å². The number of aryl methyl sites for hydroxylation is 1. The van der Waals surface area contributed by atoms with Gasteiger partial charge in [0, 0.05) is 7.05 Å². The van der Waals surface area contributed by atoms with Gasteiger partial charge in [-0.1, -0.05) is 5.21 Å². The Balaban J connectivity index is 2.57. The molecule has 0 saturated carbocycles. The van der Waals surface area contributed by atoms with Gasteiger partial charge < -0.3 is 5.32 Å². The first-order valence-electron chi connectivity index (χ1n) is 3.16. The standard InChI is InChI=1S/C6H8N4/c1-10-6-2-3-7-4-5(6)8-9-10/h2-3,7H,4H2,1H3. The summed E-state index contributed by atoms with van der Waals surface area (Å²) in [4.78, 5) is 0. The first-order chi connectivity index (χ1) is 4.88. The molecule has 1 aliphatic rings. The van der Waals surface area contributed by atoms with E-state index in [0.717, 1.165) is 17.9 Å². The Bertz CT molecular complexity index is 273. The lowest BCUT2D eigenvalue weighted by atomic mass is 10.2. The summed E-state index contributed by atoms with van der Waals surface area (Å²) in [5.74, 6) is 0. The third-order valence-electron chi connectivity index (χ3n) is 1.57. The van der Waals surface area contributed by atoms with E-state index >= 15 is 0 Å². The van der Waals surface area contributed by atoms with E-state index in [1.807, 2.05) is 19.3 Å². The van der Waals surface area contributed by atoms with Crippen molar-refractivity contribution in [2.45, 2.75) is 6.54 Å². The molecule has 4 heteroatoms. The van der Waals surface area contributed by atoms with Crippen LogP contribution >= 0.6 is 0 Å². The molecule has 52 valence electrons. The topological polar surface area (TPSA) is 42.7 Å². The van der Waals surface area contributed by atoms with Crippen molar-refractivity contribution in [1.82, 2.24) is 20.3 Å². The van der Waals surface area contributed by atoms with E-state index in [1.54, 1.807) is 4.68 Å². The molecule has 4 nitrogen and oxygen atoms in total. The van der Waals surface area contributed by atoms with Gasteiger partial charge in [0.1, 0.15) is 5.69 Å². The Hall–Kier alpha value is -1.32. The summed E-state index contributed by atoms with van der Waals surface area (Å²) in [7, 11) is 1.89. The fraction of sp³-hybridized carbons (Fsp3) is 0.333. The summed E-state index contributed by atoms with van der Waals surface area (Å²) >= 11 is 0.